The van der Waals surface area contributed by atoms with Gasteiger partial charge in [-0.1, -0.05) is 31.9 Å². The summed E-state index contributed by atoms with van der Waals surface area (Å²) in [5.41, 5.74) is 1.21. The molecule has 2 saturated heterocycles. The lowest BCUT2D eigenvalue weighted by molar-refractivity contribution is -0.131. The molecule has 8 nitrogen and oxygen atoms in total. The monoisotopic (exact) mass is 470 g/mol. The maximum absolute atomic E-state index is 14.1. The molecule has 1 amide bonds. The van der Waals surface area contributed by atoms with Gasteiger partial charge in [0.1, 0.15) is 5.82 Å². The second-order valence-corrected chi connectivity index (χ2v) is 9.10. The first-order valence-electron chi connectivity index (χ1n) is 12.4. The highest BCUT2D eigenvalue weighted by Gasteiger charge is 2.23. The van der Waals surface area contributed by atoms with Gasteiger partial charge < -0.3 is 14.7 Å². The van der Waals surface area contributed by atoms with Crippen molar-refractivity contribution in [2.75, 3.05) is 62.2 Å². The van der Waals surface area contributed by atoms with E-state index in [1.54, 1.807) is 12.1 Å². The number of carbonyl (C=O) groups excluding carboxylic acids is 1. The van der Waals surface area contributed by atoms with Gasteiger partial charge in [0.25, 0.3) is 5.56 Å². The Morgan fingerprint density at radius 2 is 1.71 bits per heavy atom. The molecule has 2 aromatic rings. The fourth-order valence-corrected chi connectivity index (χ4v) is 4.66. The van der Waals surface area contributed by atoms with Gasteiger partial charge in [-0.2, -0.15) is 0 Å². The van der Waals surface area contributed by atoms with Crippen LogP contribution in [0.5, 0.6) is 0 Å². The minimum Gasteiger partial charge on any atom is -0.367 e. The first-order valence-corrected chi connectivity index (χ1v) is 12.4. The number of nitrogens with one attached hydrogen (secondary N) is 1. The van der Waals surface area contributed by atoms with Crippen LogP contribution in [0.25, 0.3) is 0 Å². The van der Waals surface area contributed by atoms with E-state index in [0.717, 1.165) is 51.1 Å². The predicted octanol–water partition coefficient (Wildman–Crippen LogP) is 2.46. The van der Waals surface area contributed by atoms with Crippen LogP contribution in [-0.4, -0.2) is 78.0 Å². The fraction of sp³-hybridized carbons (Fsp3) is 0.560. The largest absolute Gasteiger partial charge is 0.367 e. The van der Waals surface area contributed by atoms with Gasteiger partial charge in [-0.15, -0.1) is 0 Å². The molecule has 0 saturated carbocycles. The van der Waals surface area contributed by atoms with Crippen LogP contribution in [0.15, 0.2) is 35.1 Å². The van der Waals surface area contributed by atoms with E-state index in [1.165, 1.54) is 6.07 Å². The Morgan fingerprint density at radius 3 is 2.41 bits per heavy atom. The number of amides is 1. The number of para-hydroxylation sites is 1. The molecule has 0 atom stereocenters. The van der Waals surface area contributed by atoms with Crippen molar-refractivity contribution in [2.45, 2.75) is 39.2 Å². The quantitative estimate of drug-likeness (QED) is 0.598. The van der Waals surface area contributed by atoms with Gasteiger partial charge in [0.15, 0.2) is 0 Å². The second-order valence-electron chi connectivity index (χ2n) is 9.10. The van der Waals surface area contributed by atoms with Crippen LogP contribution >= 0.6 is 0 Å². The fourth-order valence-electron chi connectivity index (χ4n) is 4.66. The minimum absolute atomic E-state index is 0.164. The lowest BCUT2D eigenvalue weighted by Gasteiger charge is -2.36. The molecule has 0 bridgehead atoms. The number of H-pyrrole nitrogens is 1. The van der Waals surface area contributed by atoms with Gasteiger partial charge in [-0.05, 0) is 18.6 Å². The number of hydrogen-bond acceptors (Lipinski definition) is 6. The van der Waals surface area contributed by atoms with E-state index >= 15 is 0 Å². The molecular formula is C25H35FN6O2. The minimum atomic E-state index is -0.195. The molecule has 9 heteroatoms. The number of unbranched alkanes of at least 4 members (excludes halogenated alkanes) is 2. The van der Waals surface area contributed by atoms with Gasteiger partial charge in [0, 0.05) is 71.4 Å². The molecule has 0 spiro atoms. The Morgan fingerprint density at radius 1 is 1.00 bits per heavy atom. The van der Waals surface area contributed by atoms with Crippen molar-refractivity contribution in [3.05, 3.63) is 52.2 Å². The van der Waals surface area contributed by atoms with Crippen molar-refractivity contribution in [1.82, 2.24) is 19.8 Å². The zero-order chi connectivity index (χ0) is 23.9. The summed E-state index contributed by atoms with van der Waals surface area (Å²) in [6, 6.07) is 8.42. The van der Waals surface area contributed by atoms with Crippen molar-refractivity contribution in [3.8, 4) is 0 Å². The summed E-state index contributed by atoms with van der Waals surface area (Å²) in [4.78, 5) is 40.6. The molecule has 34 heavy (non-hydrogen) atoms. The number of hydrogen-bond donors (Lipinski definition) is 1. The Balaban J connectivity index is 1.30. The number of anilines is 2. The van der Waals surface area contributed by atoms with E-state index in [-0.39, 0.29) is 17.3 Å². The molecule has 4 rings (SSSR count). The van der Waals surface area contributed by atoms with Crippen molar-refractivity contribution >= 4 is 17.5 Å². The standard InChI is InChI=1S/C25H35FN6O2/c1-2-3-4-9-24(34)31-14-16-32(17-15-31)25-27-20(18-23(33)28-25)19-29-10-12-30(13-11-29)22-8-6-5-7-21(22)26/h5-8,18H,2-4,9-17,19H2,1H3,(H,27,28,33). The highest BCUT2D eigenvalue weighted by Crippen LogP contribution is 2.21. The topological polar surface area (TPSA) is 75.8 Å². The molecule has 1 aromatic carbocycles. The number of aromatic nitrogens is 2. The average molecular weight is 471 g/mol. The van der Waals surface area contributed by atoms with Crippen LogP contribution in [0.2, 0.25) is 0 Å². The van der Waals surface area contributed by atoms with Crippen LogP contribution < -0.4 is 15.4 Å². The third-order valence-electron chi connectivity index (χ3n) is 6.66. The third-order valence-corrected chi connectivity index (χ3v) is 6.66. The number of halogens is 1. The molecule has 0 aliphatic carbocycles. The molecule has 0 radical (unpaired) electrons. The van der Waals surface area contributed by atoms with E-state index in [2.05, 4.69) is 26.6 Å². The summed E-state index contributed by atoms with van der Waals surface area (Å²) < 4.78 is 14.1. The first-order chi connectivity index (χ1) is 16.5. The number of benzene rings is 1. The Bertz CT molecular complexity index is 1010. The molecular weight excluding hydrogens is 435 g/mol. The van der Waals surface area contributed by atoms with E-state index in [9.17, 15) is 14.0 Å². The van der Waals surface area contributed by atoms with Crippen LogP contribution in [-0.2, 0) is 11.3 Å². The zero-order valence-electron chi connectivity index (χ0n) is 20.0. The molecule has 3 heterocycles. The normalized spacial score (nSPS) is 17.3. The average Bonchev–Trinajstić information content (AvgIpc) is 2.85. The molecule has 0 unspecified atom stereocenters. The maximum Gasteiger partial charge on any atom is 0.252 e. The smallest absolute Gasteiger partial charge is 0.252 e. The lowest BCUT2D eigenvalue weighted by atomic mass is 10.2. The second kappa shape index (κ2) is 11.5. The molecule has 184 valence electrons. The Hall–Kier alpha value is -2.94. The molecule has 2 fully saturated rings. The van der Waals surface area contributed by atoms with Crippen LogP contribution in [0, 0.1) is 5.82 Å². The number of nitrogens with zero attached hydrogens (tertiary/aromatic N) is 5. The zero-order valence-corrected chi connectivity index (χ0v) is 20.0. The number of piperazine rings is 2. The SMILES string of the molecule is CCCCCC(=O)N1CCN(c2nc(CN3CCN(c4ccccc4F)CC3)cc(=O)[nH]2)CC1. The molecule has 2 aliphatic heterocycles. The van der Waals surface area contributed by atoms with E-state index in [1.807, 2.05) is 17.0 Å². The number of aromatic amines is 1. The lowest BCUT2D eigenvalue weighted by Crippen LogP contribution is -2.49. The first kappa shape index (κ1) is 24.2. The van der Waals surface area contributed by atoms with Crippen LogP contribution in [0.3, 0.4) is 0 Å². The van der Waals surface area contributed by atoms with Gasteiger partial charge >= 0.3 is 0 Å². The summed E-state index contributed by atoms with van der Waals surface area (Å²) >= 11 is 0. The summed E-state index contributed by atoms with van der Waals surface area (Å²) in [7, 11) is 0. The summed E-state index contributed by atoms with van der Waals surface area (Å²) in [5, 5.41) is 0. The molecule has 1 aromatic heterocycles. The molecule has 2 aliphatic rings. The van der Waals surface area contributed by atoms with E-state index < -0.39 is 0 Å². The van der Waals surface area contributed by atoms with Crippen molar-refractivity contribution in [2.24, 2.45) is 0 Å². The summed E-state index contributed by atoms with van der Waals surface area (Å²) in [6.45, 7) is 8.34. The molecule has 1 N–H and O–H groups in total. The summed E-state index contributed by atoms with van der Waals surface area (Å²) in [6.07, 6.45) is 3.75. The van der Waals surface area contributed by atoms with Gasteiger partial charge in [0.2, 0.25) is 11.9 Å². The van der Waals surface area contributed by atoms with Crippen molar-refractivity contribution in [1.29, 1.82) is 0 Å². The van der Waals surface area contributed by atoms with Gasteiger partial charge in [-0.25, -0.2) is 9.37 Å². The maximum atomic E-state index is 14.1. The number of rotatable bonds is 8. The highest BCUT2D eigenvalue weighted by molar-refractivity contribution is 5.76. The van der Waals surface area contributed by atoms with Crippen LogP contribution in [0.4, 0.5) is 16.0 Å². The van der Waals surface area contributed by atoms with Crippen molar-refractivity contribution in [3.63, 3.8) is 0 Å². The van der Waals surface area contributed by atoms with Gasteiger partial charge in [0.05, 0.1) is 11.4 Å². The predicted molar refractivity (Wildman–Crippen MR) is 132 cm³/mol. The van der Waals surface area contributed by atoms with Crippen LogP contribution in [0.1, 0.15) is 38.3 Å². The summed E-state index contributed by atoms with van der Waals surface area (Å²) in [5.74, 6) is 0.600. The Kier molecular flexibility index (Phi) is 8.16. The highest BCUT2D eigenvalue weighted by atomic mass is 19.1. The van der Waals surface area contributed by atoms with E-state index in [0.29, 0.717) is 50.8 Å². The number of carbonyl (C=O) groups is 1. The van der Waals surface area contributed by atoms with E-state index in [4.69, 9.17) is 4.98 Å². The van der Waals surface area contributed by atoms with Gasteiger partial charge in [-0.3, -0.25) is 19.5 Å². The Labute approximate surface area is 200 Å². The van der Waals surface area contributed by atoms with Crippen molar-refractivity contribution < 1.29 is 9.18 Å². The third kappa shape index (κ3) is 6.14.